The van der Waals surface area contributed by atoms with Crippen LogP contribution >= 0.6 is 0 Å². The van der Waals surface area contributed by atoms with E-state index in [0.29, 0.717) is 6.42 Å². The van der Waals surface area contributed by atoms with Crippen LogP contribution in [0.4, 0.5) is 0 Å². The molecule has 1 aromatic carbocycles. The highest BCUT2D eigenvalue weighted by Crippen LogP contribution is 2.17. The predicted octanol–water partition coefficient (Wildman–Crippen LogP) is 2.14. The number of aryl methyl sites for hydroxylation is 1. The van der Waals surface area contributed by atoms with Gasteiger partial charge in [0.2, 0.25) is 5.91 Å². The summed E-state index contributed by atoms with van der Waals surface area (Å²) in [5.41, 5.74) is 8.85. The van der Waals surface area contributed by atoms with Gasteiger partial charge in [0.05, 0.1) is 17.8 Å². The Morgan fingerprint density at radius 1 is 1.24 bits per heavy atom. The van der Waals surface area contributed by atoms with E-state index in [9.17, 15) is 4.79 Å². The van der Waals surface area contributed by atoms with Gasteiger partial charge >= 0.3 is 0 Å². The van der Waals surface area contributed by atoms with E-state index in [-0.39, 0.29) is 11.9 Å². The fraction of sp³-hybridized carbons (Fsp3) is 0.294. The molecule has 0 aliphatic rings. The first-order valence-electron chi connectivity index (χ1n) is 7.08. The third kappa shape index (κ3) is 4.39. The summed E-state index contributed by atoms with van der Waals surface area (Å²) in [6.07, 6.45) is 2.42. The van der Waals surface area contributed by atoms with Crippen molar-refractivity contribution in [1.29, 1.82) is 0 Å². The van der Waals surface area contributed by atoms with Crippen LogP contribution in [-0.2, 0) is 11.2 Å². The van der Waals surface area contributed by atoms with Gasteiger partial charge in [-0.3, -0.25) is 9.78 Å². The zero-order valence-corrected chi connectivity index (χ0v) is 12.4. The van der Waals surface area contributed by atoms with Crippen LogP contribution in [-0.4, -0.2) is 16.9 Å². The number of hydrogen-bond acceptors (Lipinski definition) is 3. The van der Waals surface area contributed by atoms with E-state index in [2.05, 4.69) is 41.5 Å². The number of nitrogens with one attached hydrogen (secondary N) is 1. The topological polar surface area (TPSA) is 68.0 Å². The Bertz CT molecular complexity index is 579. The Balaban J connectivity index is 2.19. The Labute approximate surface area is 125 Å². The summed E-state index contributed by atoms with van der Waals surface area (Å²) in [5, 5.41) is 2.97. The predicted molar refractivity (Wildman–Crippen MR) is 83.7 cm³/mol. The lowest BCUT2D eigenvalue weighted by Crippen LogP contribution is -2.41. The quantitative estimate of drug-likeness (QED) is 0.883. The van der Waals surface area contributed by atoms with E-state index in [1.54, 1.807) is 13.1 Å². The molecule has 1 amide bonds. The number of pyridine rings is 1. The first-order valence-corrected chi connectivity index (χ1v) is 7.08. The Morgan fingerprint density at radius 2 is 1.95 bits per heavy atom. The molecular formula is C17H21N3O. The minimum Gasteiger partial charge on any atom is -0.346 e. The zero-order chi connectivity index (χ0) is 15.2. The number of amides is 1. The number of nitrogens with two attached hydrogens (primary N) is 1. The minimum atomic E-state index is -0.533. The van der Waals surface area contributed by atoms with Crippen LogP contribution in [0.3, 0.4) is 0 Å². The van der Waals surface area contributed by atoms with Crippen molar-refractivity contribution in [1.82, 2.24) is 10.3 Å². The van der Waals surface area contributed by atoms with Gasteiger partial charge in [0, 0.05) is 6.20 Å². The van der Waals surface area contributed by atoms with Gasteiger partial charge in [0.1, 0.15) is 0 Å². The van der Waals surface area contributed by atoms with E-state index in [1.165, 1.54) is 5.56 Å². The molecule has 4 heteroatoms. The van der Waals surface area contributed by atoms with Gasteiger partial charge in [-0.25, -0.2) is 0 Å². The summed E-state index contributed by atoms with van der Waals surface area (Å²) in [4.78, 5) is 16.3. The highest BCUT2D eigenvalue weighted by molar-refractivity contribution is 5.81. The van der Waals surface area contributed by atoms with Crippen molar-refractivity contribution < 1.29 is 4.79 Å². The van der Waals surface area contributed by atoms with Crippen molar-refractivity contribution in [2.45, 2.75) is 32.4 Å². The summed E-state index contributed by atoms with van der Waals surface area (Å²) < 4.78 is 0. The summed E-state index contributed by atoms with van der Waals surface area (Å²) >= 11 is 0. The number of carbonyl (C=O) groups excluding carboxylic acids is 1. The SMILES string of the molecule is Cc1ccc(CC(NC(=O)[C@@H](C)N)c2ccccn2)cc1. The largest absolute Gasteiger partial charge is 0.346 e. The molecule has 2 atom stereocenters. The molecule has 110 valence electrons. The van der Waals surface area contributed by atoms with Crippen molar-refractivity contribution in [3.8, 4) is 0 Å². The first kappa shape index (κ1) is 15.2. The minimum absolute atomic E-state index is 0.169. The van der Waals surface area contributed by atoms with Gasteiger partial charge in [-0.2, -0.15) is 0 Å². The van der Waals surface area contributed by atoms with Gasteiger partial charge in [-0.1, -0.05) is 35.9 Å². The van der Waals surface area contributed by atoms with E-state index in [0.717, 1.165) is 11.3 Å². The van der Waals surface area contributed by atoms with Gasteiger partial charge < -0.3 is 11.1 Å². The molecule has 0 aliphatic carbocycles. The molecule has 0 spiro atoms. The molecule has 1 heterocycles. The molecule has 2 aromatic rings. The van der Waals surface area contributed by atoms with Gasteiger partial charge in [-0.05, 0) is 38.0 Å². The van der Waals surface area contributed by atoms with Crippen molar-refractivity contribution in [2.24, 2.45) is 5.73 Å². The molecular weight excluding hydrogens is 262 g/mol. The Morgan fingerprint density at radius 3 is 2.52 bits per heavy atom. The van der Waals surface area contributed by atoms with Gasteiger partial charge in [0.15, 0.2) is 0 Å². The second-order valence-electron chi connectivity index (χ2n) is 5.29. The lowest BCUT2D eigenvalue weighted by Gasteiger charge is -2.20. The highest BCUT2D eigenvalue weighted by atomic mass is 16.2. The number of benzene rings is 1. The van der Waals surface area contributed by atoms with Crippen molar-refractivity contribution >= 4 is 5.91 Å². The molecule has 0 saturated carbocycles. The molecule has 4 nitrogen and oxygen atoms in total. The van der Waals surface area contributed by atoms with Crippen LogP contribution in [0.1, 0.15) is 29.8 Å². The van der Waals surface area contributed by atoms with E-state index >= 15 is 0 Å². The fourth-order valence-electron chi connectivity index (χ4n) is 2.07. The van der Waals surface area contributed by atoms with Crippen LogP contribution in [0.2, 0.25) is 0 Å². The average molecular weight is 283 g/mol. The molecule has 1 aromatic heterocycles. The molecule has 0 fully saturated rings. The smallest absolute Gasteiger partial charge is 0.237 e. The van der Waals surface area contributed by atoms with Crippen LogP contribution in [0.5, 0.6) is 0 Å². The van der Waals surface area contributed by atoms with Crippen LogP contribution in [0, 0.1) is 6.92 Å². The lowest BCUT2D eigenvalue weighted by molar-refractivity contribution is -0.122. The van der Waals surface area contributed by atoms with E-state index in [4.69, 9.17) is 5.73 Å². The fourth-order valence-corrected chi connectivity index (χ4v) is 2.07. The van der Waals surface area contributed by atoms with Crippen molar-refractivity contribution in [3.05, 3.63) is 65.5 Å². The second-order valence-corrected chi connectivity index (χ2v) is 5.29. The number of hydrogen-bond donors (Lipinski definition) is 2. The lowest BCUT2D eigenvalue weighted by atomic mass is 10.0. The van der Waals surface area contributed by atoms with E-state index in [1.807, 2.05) is 18.2 Å². The third-order valence-electron chi connectivity index (χ3n) is 3.34. The molecule has 0 saturated heterocycles. The number of carbonyl (C=O) groups is 1. The van der Waals surface area contributed by atoms with Gasteiger partial charge in [0.25, 0.3) is 0 Å². The van der Waals surface area contributed by atoms with Crippen molar-refractivity contribution in [2.75, 3.05) is 0 Å². The molecule has 0 radical (unpaired) electrons. The standard InChI is InChI=1S/C17H21N3O/c1-12-6-8-14(9-7-12)11-16(20-17(21)13(2)18)15-5-3-4-10-19-15/h3-10,13,16H,11,18H2,1-2H3,(H,20,21)/t13-,16?/m1/s1. The second kappa shape index (κ2) is 6.99. The summed E-state index contributed by atoms with van der Waals surface area (Å²) in [6, 6.07) is 13.3. The maximum absolute atomic E-state index is 11.9. The maximum Gasteiger partial charge on any atom is 0.237 e. The molecule has 0 bridgehead atoms. The highest BCUT2D eigenvalue weighted by Gasteiger charge is 2.18. The Kier molecular flexibility index (Phi) is 5.06. The first-order chi connectivity index (χ1) is 10.1. The van der Waals surface area contributed by atoms with Gasteiger partial charge in [-0.15, -0.1) is 0 Å². The number of nitrogens with zero attached hydrogens (tertiary/aromatic N) is 1. The van der Waals surface area contributed by atoms with Crippen LogP contribution in [0.25, 0.3) is 0 Å². The molecule has 0 aliphatic heterocycles. The average Bonchev–Trinajstić information content (AvgIpc) is 2.49. The zero-order valence-electron chi connectivity index (χ0n) is 12.4. The summed E-state index contributed by atoms with van der Waals surface area (Å²) in [7, 11) is 0. The maximum atomic E-state index is 11.9. The van der Waals surface area contributed by atoms with Crippen molar-refractivity contribution in [3.63, 3.8) is 0 Å². The number of aromatic nitrogens is 1. The summed E-state index contributed by atoms with van der Waals surface area (Å²) in [5.74, 6) is -0.169. The molecule has 3 N–H and O–H groups in total. The Hall–Kier alpha value is -2.20. The normalized spacial score (nSPS) is 13.5. The van der Waals surface area contributed by atoms with E-state index < -0.39 is 6.04 Å². The molecule has 21 heavy (non-hydrogen) atoms. The third-order valence-corrected chi connectivity index (χ3v) is 3.34. The molecule has 1 unspecified atom stereocenters. The monoisotopic (exact) mass is 283 g/mol. The molecule has 2 rings (SSSR count). The van der Waals surface area contributed by atoms with Crippen LogP contribution in [0.15, 0.2) is 48.7 Å². The number of rotatable bonds is 5. The summed E-state index contributed by atoms with van der Waals surface area (Å²) in [6.45, 7) is 3.73. The van der Waals surface area contributed by atoms with Crippen LogP contribution < -0.4 is 11.1 Å².